The summed E-state index contributed by atoms with van der Waals surface area (Å²) in [7, 11) is 1.86. The molecule has 0 spiro atoms. The minimum Gasteiger partial charge on any atom is -0.423 e. The zero-order valence-corrected chi connectivity index (χ0v) is 9.77. The van der Waals surface area contributed by atoms with Gasteiger partial charge in [0.1, 0.15) is 5.52 Å². The highest BCUT2D eigenvalue weighted by Gasteiger charge is 2.26. The lowest BCUT2D eigenvalue weighted by Crippen LogP contribution is -2.44. The van der Waals surface area contributed by atoms with Crippen LogP contribution in [-0.2, 0) is 0 Å². The predicted octanol–water partition coefficient (Wildman–Crippen LogP) is 2.03. The number of para-hydroxylation sites is 2. The molecule has 0 aliphatic heterocycles. The first kappa shape index (κ1) is 11.0. The Morgan fingerprint density at radius 2 is 2.06 bits per heavy atom. The van der Waals surface area contributed by atoms with Gasteiger partial charge in [-0.1, -0.05) is 12.1 Å². The quantitative estimate of drug-likeness (QED) is 0.860. The molecule has 1 aromatic heterocycles. The van der Waals surface area contributed by atoms with Crippen LogP contribution in [0.2, 0.25) is 0 Å². The van der Waals surface area contributed by atoms with Crippen molar-refractivity contribution in [1.29, 1.82) is 0 Å². The van der Waals surface area contributed by atoms with Gasteiger partial charge < -0.3 is 14.4 Å². The van der Waals surface area contributed by atoms with Crippen molar-refractivity contribution in [3.05, 3.63) is 24.3 Å². The van der Waals surface area contributed by atoms with Gasteiger partial charge in [-0.15, -0.1) is 0 Å². The van der Waals surface area contributed by atoms with E-state index in [-0.39, 0.29) is 12.1 Å². The minimum absolute atomic E-state index is 0.0439. The highest BCUT2D eigenvalue weighted by atomic mass is 16.4. The van der Waals surface area contributed by atoms with Crippen molar-refractivity contribution >= 4 is 17.1 Å². The molecule has 16 heavy (non-hydrogen) atoms. The standard InChI is InChI=1S/C12H16N2O2/c1-12(2,8-15)14(3)11-13-9-6-4-5-7-10(9)16-11/h4-7,15H,8H2,1-3H3. The third-order valence-electron chi connectivity index (χ3n) is 2.86. The molecular weight excluding hydrogens is 204 g/mol. The van der Waals surface area contributed by atoms with Crippen molar-refractivity contribution in [2.24, 2.45) is 0 Å². The number of nitrogens with zero attached hydrogens (tertiary/aromatic N) is 2. The first-order valence-electron chi connectivity index (χ1n) is 5.25. The van der Waals surface area contributed by atoms with E-state index in [0.29, 0.717) is 6.01 Å². The van der Waals surface area contributed by atoms with Crippen LogP contribution in [0.1, 0.15) is 13.8 Å². The van der Waals surface area contributed by atoms with Gasteiger partial charge >= 0.3 is 0 Å². The summed E-state index contributed by atoms with van der Waals surface area (Å²) in [6.45, 7) is 3.91. The average Bonchev–Trinajstić information content (AvgIpc) is 2.71. The van der Waals surface area contributed by atoms with Crippen LogP contribution in [0.5, 0.6) is 0 Å². The van der Waals surface area contributed by atoms with Gasteiger partial charge in [0.05, 0.1) is 12.1 Å². The van der Waals surface area contributed by atoms with Crippen molar-refractivity contribution in [1.82, 2.24) is 4.98 Å². The molecule has 0 aliphatic rings. The third-order valence-corrected chi connectivity index (χ3v) is 2.86. The van der Waals surface area contributed by atoms with Crippen molar-refractivity contribution in [2.45, 2.75) is 19.4 Å². The van der Waals surface area contributed by atoms with Crippen molar-refractivity contribution in [2.75, 3.05) is 18.6 Å². The Bertz CT molecular complexity index is 457. The minimum atomic E-state index is -0.388. The van der Waals surface area contributed by atoms with Gasteiger partial charge in [-0.2, -0.15) is 4.98 Å². The van der Waals surface area contributed by atoms with Gasteiger partial charge in [0.25, 0.3) is 6.01 Å². The number of oxazole rings is 1. The number of fused-ring (bicyclic) bond motifs is 1. The lowest BCUT2D eigenvalue weighted by molar-refractivity contribution is 0.212. The van der Waals surface area contributed by atoms with E-state index < -0.39 is 0 Å². The van der Waals surface area contributed by atoms with E-state index >= 15 is 0 Å². The molecular formula is C12H16N2O2. The monoisotopic (exact) mass is 220 g/mol. The number of hydrogen-bond donors (Lipinski definition) is 1. The molecule has 0 atom stereocenters. The summed E-state index contributed by atoms with van der Waals surface area (Å²) in [4.78, 5) is 6.22. The van der Waals surface area contributed by atoms with E-state index in [9.17, 15) is 5.11 Å². The second-order valence-electron chi connectivity index (χ2n) is 4.49. The summed E-state index contributed by atoms with van der Waals surface area (Å²) in [6, 6.07) is 8.15. The van der Waals surface area contributed by atoms with Crippen molar-refractivity contribution in [3.63, 3.8) is 0 Å². The second kappa shape index (κ2) is 3.79. The van der Waals surface area contributed by atoms with Gasteiger partial charge in [-0.25, -0.2) is 0 Å². The molecule has 0 fully saturated rings. The SMILES string of the molecule is CN(c1nc2ccccc2o1)C(C)(C)CO. The molecule has 0 radical (unpaired) electrons. The van der Waals surface area contributed by atoms with E-state index in [0.717, 1.165) is 11.1 Å². The molecule has 86 valence electrons. The predicted molar refractivity (Wildman–Crippen MR) is 63.6 cm³/mol. The molecule has 0 amide bonds. The Balaban J connectivity index is 2.40. The lowest BCUT2D eigenvalue weighted by Gasteiger charge is -2.32. The average molecular weight is 220 g/mol. The van der Waals surface area contributed by atoms with Crippen LogP contribution in [0.4, 0.5) is 6.01 Å². The van der Waals surface area contributed by atoms with Crippen LogP contribution >= 0.6 is 0 Å². The number of benzene rings is 1. The van der Waals surface area contributed by atoms with Gasteiger partial charge in [-0.3, -0.25) is 0 Å². The highest BCUT2D eigenvalue weighted by Crippen LogP contribution is 2.25. The summed E-state index contributed by atoms with van der Waals surface area (Å²) in [6.07, 6.45) is 0. The van der Waals surface area contributed by atoms with E-state index in [4.69, 9.17) is 4.42 Å². The Hall–Kier alpha value is -1.55. The number of aliphatic hydroxyl groups is 1. The molecule has 1 aromatic carbocycles. The Morgan fingerprint density at radius 3 is 2.69 bits per heavy atom. The maximum Gasteiger partial charge on any atom is 0.298 e. The van der Waals surface area contributed by atoms with Crippen LogP contribution in [0.15, 0.2) is 28.7 Å². The van der Waals surface area contributed by atoms with E-state index in [1.165, 1.54) is 0 Å². The van der Waals surface area contributed by atoms with E-state index in [1.807, 2.05) is 50.1 Å². The topological polar surface area (TPSA) is 49.5 Å². The summed E-state index contributed by atoms with van der Waals surface area (Å²) in [5.41, 5.74) is 1.21. The molecule has 0 unspecified atom stereocenters. The second-order valence-corrected chi connectivity index (χ2v) is 4.49. The largest absolute Gasteiger partial charge is 0.423 e. The first-order valence-corrected chi connectivity index (χ1v) is 5.25. The summed E-state index contributed by atoms with van der Waals surface area (Å²) < 4.78 is 5.62. The highest BCUT2D eigenvalue weighted by molar-refractivity contribution is 5.74. The van der Waals surface area contributed by atoms with Gasteiger partial charge in [0.15, 0.2) is 5.58 Å². The molecule has 0 bridgehead atoms. The van der Waals surface area contributed by atoms with Crippen LogP contribution in [0.25, 0.3) is 11.1 Å². The van der Waals surface area contributed by atoms with Crippen LogP contribution in [0, 0.1) is 0 Å². The van der Waals surface area contributed by atoms with E-state index in [1.54, 1.807) is 0 Å². The Labute approximate surface area is 94.5 Å². The number of hydrogen-bond acceptors (Lipinski definition) is 4. The molecule has 0 aliphatic carbocycles. The number of aliphatic hydroxyl groups excluding tert-OH is 1. The summed E-state index contributed by atoms with van der Waals surface area (Å²) in [5, 5.41) is 9.29. The maximum absolute atomic E-state index is 9.29. The molecule has 1 N–H and O–H groups in total. The van der Waals surface area contributed by atoms with Gasteiger partial charge in [0, 0.05) is 7.05 Å². The molecule has 0 saturated carbocycles. The number of aromatic nitrogens is 1. The summed E-state index contributed by atoms with van der Waals surface area (Å²) in [5.74, 6) is 0. The fourth-order valence-corrected chi connectivity index (χ4v) is 1.37. The number of anilines is 1. The van der Waals surface area contributed by atoms with Gasteiger partial charge in [-0.05, 0) is 26.0 Å². The summed E-state index contributed by atoms with van der Waals surface area (Å²) >= 11 is 0. The van der Waals surface area contributed by atoms with Gasteiger partial charge in [0.2, 0.25) is 0 Å². The van der Waals surface area contributed by atoms with Crippen molar-refractivity contribution < 1.29 is 9.52 Å². The molecule has 0 saturated heterocycles. The zero-order chi connectivity index (χ0) is 11.8. The van der Waals surface area contributed by atoms with Crippen LogP contribution in [0.3, 0.4) is 0 Å². The number of rotatable bonds is 3. The van der Waals surface area contributed by atoms with E-state index in [2.05, 4.69) is 4.98 Å². The molecule has 1 heterocycles. The fraction of sp³-hybridized carbons (Fsp3) is 0.417. The Morgan fingerprint density at radius 1 is 1.38 bits per heavy atom. The Kier molecular flexibility index (Phi) is 2.59. The molecule has 4 nitrogen and oxygen atoms in total. The molecule has 4 heteroatoms. The molecule has 2 aromatic rings. The smallest absolute Gasteiger partial charge is 0.298 e. The fourth-order valence-electron chi connectivity index (χ4n) is 1.37. The molecule has 2 rings (SSSR count). The number of likely N-dealkylation sites (N-methyl/N-ethyl adjacent to an activating group) is 1. The first-order chi connectivity index (χ1) is 7.54. The third kappa shape index (κ3) is 1.76. The van der Waals surface area contributed by atoms with Crippen LogP contribution < -0.4 is 4.90 Å². The van der Waals surface area contributed by atoms with Crippen molar-refractivity contribution in [3.8, 4) is 0 Å². The van der Waals surface area contributed by atoms with Crippen LogP contribution in [-0.4, -0.2) is 29.3 Å². The zero-order valence-electron chi connectivity index (χ0n) is 9.77. The normalized spacial score (nSPS) is 12.0. The maximum atomic E-state index is 9.29. The lowest BCUT2D eigenvalue weighted by atomic mass is 10.1.